The summed E-state index contributed by atoms with van der Waals surface area (Å²) in [5.74, 6) is -0.235. The second-order valence-corrected chi connectivity index (χ2v) is 2.43. The maximum Gasteiger partial charge on any atom is 0.221 e. The highest BCUT2D eigenvalue weighted by atomic mass is 16.1. The fraction of sp³-hybridized carbons (Fsp3) is 0.375. The van der Waals surface area contributed by atoms with Gasteiger partial charge >= 0.3 is 0 Å². The lowest BCUT2D eigenvalue weighted by atomic mass is 10.0. The number of nitrogens with two attached hydrogens (primary N) is 1. The van der Waals surface area contributed by atoms with Gasteiger partial charge in [-0.05, 0) is 12.8 Å². The van der Waals surface area contributed by atoms with Crippen molar-refractivity contribution in [3.05, 3.63) is 23.8 Å². The maximum absolute atomic E-state index is 10.4. The van der Waals surface area contributed by atoms with E-state index in [4.69, 9.17) is 5.73 Å². The zero-order valence-corrected chi connectivity index (χ0v) is 5.84. The average molecular weight is 137 g/mol. The quantitative estimate of drug-likeness (QED) is 0.609. The molecule has 0 bridgehead atoms. The number of rotatable bonds is 2. The summed E-state index contributed by atoms with van der Waals surface area (Å²) in [6.45, 7) is 0. The second kappa shape index (κ2) is 3.20. The molecule has 0 heterocycles. The predicted octanol–water partition coefficient (Wildman–Crippen LogP) is 1.14. The van der Waals surface area contributed by atoms with Crippen LogP contribution in [0.4, 0.5) is 0 Å². The van der Waals surface area contributed by atoms with Gasteiger partial charge in [0.25, 0.3) is 0 Å². The number of carbonyl (C=O) groups is 1. The summed E-state index contributed by atoms with van der Waals surface area (Å²) in [5, 5.41) is 0. The van der Waals surface area contributed by atoms with E-state index in [1.807, 2.05) is 12.2 Å². The Balaban J connectivity index is 2.47. The Kier molecular flexibility index (Phi) is 2.26. The number of allylic oxidation sites excluding steroid dienone is 3. The number of amides is 1. The van der Waals surface area contributed by atoms with Crippen LogP contribution in [-0.2, 0) is 4.79 Å². The van der Waals surface area contributed by atoms with E-state index in [-0.39, 0.29) is 5.91 Å². The average Bonchev–Trinajstić information content (AvgIpc) is 1.88. The van der Waals surface area contributed by atoms with Gasteiger partial charge in [0.1, 0.15) is 0 Å². The minimum absolute atomic E-state index is 0.235. The van der Waals surface area contributed by atoms with E-state index in [2.05, 4.69) is 6.08 Å². The van der Waals surface area contributed by atoms with E-state index in [0.29, 0.717) is 6.42 Å². The summed E-state index contributed by atoms with van der Waals surface area (Å²) < 4.78 is 0. The molecular weight excluding hydrogens is 126 g/mol. The third-order valence-electron chi connectivity index (χ3n) is 1.50. The molecule has 2 N–H and O–H groups in total. The van der Waals surface area contributed by atoms with E-state index < -0.39 is 0 Å². The first-order chi connectivity index (χ1) is 4.79. The van der Waals surface area contributed by atoms with Crippen molar-refractivity contribution in [2.24, 2.45) is 5.73 Å². The summed E-state index contributed by atoms with van der Waals surface area (Å²) in [5.41, 5.74) is 6.17. The van der Waals surface area contributed by atoms with Crippen LogP contribution < -0.4 is 5.73 Å². The van der Waals surface area contributed by atoms with Crippen LogP contribution in [0.1, 0.15) is 19.3 Å². The third-order valence-corrected chi connectivity index (χ3v) is 1.50. The zero-order valence-electron chi connectivity index (χ0n) is 5.84. The largest absolute Gasteiger partial charge is 0.369 e. The Labute approximate surface area is 60.4 Å². The molecule has 0 aliphatic heterocycles. The third kappa shape index (κ3) is 2.05. The number of hydrogen-bond acceptors (Lipinski definition) is 1. The Bertz CT molecular complexity index is 191. The van der Waals surface area contributed by atoms with Gasteiger partial charge in [0.2, 0.25) is 5.91 Å². The molecule has 1 aliphatic carbocycles. The van der Waals surface area contributed by atoms with Crippen LogP contribution in [0.2, 0.25) is 0 Å². The number of carbonyl (C=O) groups excluding carboxylic acids is 1. The molecule has 1 amide bonds. The highest BCUT2D eigenvalue weighted by molar-refractivity contribution is 5.76. The van der Waals surface area contributed by atoms with Crippen LogP contribution in [0.5, 0.6) is 0 Å². The van der Waals surface area contributed by atoms with Crippen LogP contribution in [0.15, 0.2) is 23.8 Å². The molecule has 0 spiro atoms. The molecule has 1 aliphatic rings. The monoisotopic (exact) mass is 137 g/mol. The molecule has 10 heavy (non-hydrogen) atoms. The van der Waals surface area contributed by atoms with Gasteiger partial charge in [-0.1, -0.05) is 23.8 Å². The predicted molar refractivity (Wildman–Crippen MR) is 40.3 cm³/mol. The number of primary amides is 1. The minimum atomic E-state index is -0.235. The van der Waals surface area contributed by atoms with Crippen LogP contribution >= 0.6 is 0 Å². The summed E-state index contributed by atoms with van der Waals surface area (Å²) in [7, 11) is 0. The Morgan fingerprint density at radius 1 is 1.70 bits per heavy atom. The highest BCUT2D eigenvalue weighted by Gasteiger charge is 2.01. The lowest BCUT2D eigenvalue weighted by molar-refractivity contribution is -0.117. The summed E-state index contributed by atoms with van der Waals surface area (Å²) in [6.07, 6.45) is 8.48. The van der Waals surface area contributed by atoms with Crippen molar-refractivity contribution in [1.29, 1.82) is 0 Å². The van der Waals surface area contributed by atoms with Gasteiger partial charge in [-0.2, -0.15) is 0 Å². The SMILES string of the molecule is NC(=O)CC1=CC=CCC1. The zero-order chi connectivity index (χ0) is 7.40. The van der Waals surface area contributed by atoms with E-state index in [9.17, 15) is 4.79 Å². The second-order valence-electron chi connectivity index (χ2n) is 2.43. The van der Waals surface area contributed by atoms with E-state index in [1.54, 1.807) is 0 Å². The summed E-state index contributed by atoms with van der Waals surface area (Å²) >= 11 is 0. The normalized spacial score (nSPS) is 16.6. The Hall–Kier alpha value is -1.05. The van der Waals surface area contributed by atoms with Gasteiger partial charge < -0.3 is 5.73 Å². The molecule has 2 nitrogen and oxygen atoms in total. The van der Waals surface area contributed by atoms with Crippen molar-refractivity contribution >= 4 is 5.91 Å². The van der Waals surface area contributed by atoms with Gasteiger partial charge in [-0.25, -0.2) is 0 Å². The molecule has 0 saturated heterocycles. The molecule has 0 saturated carbocycles. The van der Waals surface area contributed by atoms with Crippen LogP contribution in [0, 0.1) is 0 Å². The molecule has 0 aromatic rings. The van der Waals surface area contributed by atoms with Crippen LogP contribution in [0.25, 0.3) is 0 Å². The van der Waals surface area contributed by atoms with Gasteiger partial charge in [0.15, 0.2) is 0 Å². The first kappa shape index (κ1) is 7.06. The van der Waals surface area contributed by atoms with E-state index in [0.717, 1.165) is 18.4 Å². The molecule has 0 aromatic heterocycles. The highest BCUT2D eigenvalue weighted by Crippen LogP contribution is 2.14. The van der Waals surface area contributed by atoms with Crippen molar-refractivity contribution in [2.45, 2.75) is 19.3 Å². The van der Waals surface area contributed by atoms with Crippen LogP contribution in [0.3, 0.4) is 0 Å². The maximum atomic E-state index is 10.4. The minimum Gasteiger partial charge on any atom is -0.369 e. The van der Waals surface area contributed by atoms with Crippen molar-refractivity contribution in [3.8, 4) is 0 Å². The van der Waals surface area contributed by atoms with Crippen molar-refractivity contribution in [2.75, 3.05) is 0 Å². The smallest absolute Gasteiger partial charge is 0.221 e. The summed E-state index contributed by atoms with van der Waals surface area (Å²) in [4.78, 5) is 10.4. The molecule has 0 unspecified atom stereocenters. The van der Waals surface area contributed by atoms with Gasteiger partial charge in [0.05, 0.1) is 0 Å². The lowest BCUT2D eigenvalue weighted by Crippen LogP contribution is -2.11. The van der Waals surface area contributed by atoms with Gasteiger partial charge in [-0.3, -0.25) is 4.79 Å². The van der Waals surface area contributed by atoms with Crippen molar-refractivity contribution in [1.82, 2.24) is 0 Å². The Morgan fingerprint density at radius 2 is 2.50 bits per heavy atom. The molecule has 54 valence electrons. The van der Waals surface area contributed by atoms with Crippen molar-refractivity contribution < 1.29 is 4.79 Å². The summed E-state index contributed by atoms with van der Waals surface area (Å²) in [6, 6.07) is 0. The molecule has 2 heteroatoms. The topological polar surface area (TPSA) is 43.1 Å². The molecule has 0 aromatic carbocycles. The molecular formula is C8H11NO. The van der Waals surface area contributed by atoms with Crippen LogP contribution in [-0.4, -0.2) is 5.91 Å². The lowest BCUT2D eigenvalue weighted by Gasteiger charge is -2.04. The van der Waals surface area contributed by atoms with E-state index in [1.165, 1.54) is 0 Å². The molecule has 1 rings (SSSR count). The standard InChI is InChI=1S/C8H11NO/c9-8(10)6-7-4-2-1-3-5-7/h1-2,4H,3,5-6H2,(H2,9,10). The molecule has 0 atom stereocenters. The molecule has 0 fully saturated rings. The first-order valence-electron chi connectivity index (χ1n) is 3.42. The number of hydrogen-bond donors (Lipinski definition) is 1. The van der Waals surface area contributed by atoms with Gasteiger partial charge in [0, 0.05) is 6.42 Å². The molecule has 0 radical (unpaired) electrons. The Morgan fingerprint density at radius 3 is 3.00 bits per heavy atom. The fourth-order valence-corrected chi connectivity index (χ4v) is 1.02. The van der Waals surface area contributed by atoms with Gasteiger partial charge in [-0.15, -0.1) is 0 Å². The van der Waals surface area contributed by atoms with Crippen molar-refractivity contribution in [3.63, 3.8) is 0 Å². The first-order valence-corrected chi connectivity index (χ1v) is 3.42. The van der Waals surface area contributed by atoms with E-state index >= 15 is 0 Å². The fourth-order valence-electron chi connectivity index (χ4n) is 1.02.